The molecule has 2 atom stereocenters. The third-order valence-corrected chi connectivity index (χ3v) is 3.49. The maximum absolute atomic E-state index is 13.8. The lowest BCUT2D eigenvalue weighted by molar-refractivity contribution is 0.142. The number of hydrogen-bond acceptors (Lipinski definition) is 2. The maximum Gasteiger partial charge on any atom is 0.127 e. The molecule has 0 saturated carbocycles. The Hall–Kier alpha value is -0.930. The van der Waals surface area contributed by atoms with Crippen LogP contribution in [0.25, 0.3) is 0 Å². The highest BCUT2D eigenvalue weighted by Gasteiger charge is 2.25. The number of benzene rings is 1. The molecule has 94 valence electrons. The van der Waals surface area contributed by atoms with Crippen molar-refractivity contribution in [2.75, 3.05) is 19.6 Å². The zero-order valence-electron chi connectivity index (χ0n) is 10.6. The van der Waals surface area contributed by atoms with Crippen molar-refractivity contribution in [3.05, 3.63) is 35.6 Å². The monoisotopic (exact) mass is 236 g/mol. The Morgan fingerprint density at radius 3 is 2.88 bits per heavy atom. The van der Waals surface area contributed by atoms with Crippen LogP contribution in [0.2, 0.25) is 0 Å². The number of hydrogen-bond donors (Lipinski definition) is 1. The normalized spacial score (nSPS) is 23.6. The molecule has 17 heavy (non-hydrogen) atoms. The molecule has 1 aromatic carbocycles. The average molecular weight is 236 g/mol. The Bertz CT molecular complexity index is 367. The predicted molar refractivity (Wildman–Crippen MR) is 68.5 cm³/mol. The third-order valence-electron chi connectivity index (χ3n) is 3.49. The molecular weight excluding hydrogens is 215 g/mol. The summed E-state index contributed by atoms with van der Waals surface area (Å²) in [7, 11) is 0. The van der Waals surface area contributed by atoms with Crippen LogP contribution in [0.3, 0.4) is 0 Å². The van der Waals surface area contributed by atoms with Crippen LogP contribution in [0.15, 0.2) is 24.3 Å². The molecule has 1 fully saturated rings. The van der Waals surface area contributed by atoms with Crippen molar-refractivity contribution in [3.63, 3.8) is 0 Å². The van der Waals surface area contributed by atoms with E-state index < -0.39 is 0 Å². The molecule has 0 bridgehead atoms. The van der Waals surface area contributed by atoms with Gasteiger partial charge in [0.1, 0.15) is 5.82 Å². The number of nitrogens with zero attached hydrogens (tertiary/aromatic N) is 1. The molecule has 0 aromatic heterocycles. The van der Waals surface area contributed by atoms with Gasteiger partial charge in [-0.05, 0) is 19.4 Å². The highest BCUT2D eigenvalue weighted by molar-refractivity contribution is 5.21. The van der Waals surface area contributed by atoms with Gasteiger partial charge >= 0.3 is 0 Å². The number of nitrogens with one attached hydrogen (secondary N) is 1. The van der Waals surface area contributed by atoms with Crippen LogP contribution < -0.4 is 5.32 Å². The lowest BCUT2D eigenvalue weighted by Crippen LogP contribution is -2.50. The zero-order chi connectivity index (χ0) is 12.3. The standard InChI is InChI=1S/C14H21FN2/c1-3-14(12-6-4-5-7-13(12)15)17-9-8-16-11(2)10-17/h4-7,11,14,16H,3,8-10H2,1-2H3. The fourth-order valence-corrected chi connectivity index (χ4v) is 2.67. The highest BCUT2D eigenvalue weighted by Crippen LogP contribution is 2.27. The van der Waals surface area contributed by atoms with E-state index in [1.165, 1.54) is 0 Å². The summed E-state index contributed by atoms with van der Waals surface area (Å²) in [4.78, 5) is 2.39. The van der Waals surface area contributed by atoms with E-state index in [4.69, 9.17) is 0 Å². The van der Waals surface area contributed by atoms with E-state index in [9.17, 15) is 4.39 Å². The second-order valence-corrected chi connectivity index (χ2v) is 4.80. The Kier molecular flexibility index (Phi) is 4.13. The fraction of sp³-hybridized carbons (Fsp3) is 0.571. The van der Waals surface area contributed by atoms with Gasteiger partial charge in [0.15, 0.2) is 0 Å². The van der Waals surface area contributed by atoms with Crippen molar-refractivity contribution in [3.8, 4) is 0 Å². The summed E-state index contributed by atoms with van der Waals surface area (Å²) in [6, 6.07) is 7.85. The Morgan fingerprint density at radius 2 is 2.24 bits per heavy atom. The SMILES string of the molecule is CCC(c1ccccc1F)N1CCNC(C)C1. The second kappa shape index (κ2) is 5.61. The van der Waals surface area contributed by atoms with Crippen LogP contribution in [0.4, 0.5) is 4.39 Å². The van der Waals surface area contributed by atoms with Gasteiger partial charge in [-0.1, -0.05) is 25.1 Å². The Labute approximate surface area is 103 Å². The Balaban J connectivity index is 2.18. The topological polar surface area (TPSA) is 15.3 Å². The third kappa shape index (κ3) is 2.85. The average Bonchev–Trinajstić information content (AvgIpc) is 2.33. The minimum absolute atomic E-state index is 0.0782. The molecule has 3 heteroatoms. The van der Waals surface area contributed by atoms with Crippen molar-refractivity contribution in [1.82, 2.24) is 10.2 Å². The minimum atomic E-state index is -0.0782. The van der Waals surface area contributed by atoms with Crippen molar-refractivity contribution < 1.29 is 4.39 Å². The van der Waals surface area contributed by atoms with E-state index >= 15 is 0 Å². The first kappa shape index (κ1) is 12.5. The summed E-state index contributed by atoms with van der Waals surface area (Å²) >= 11 is 0. The molecule has 0 spiro atoms. The molecular formula is C14H21FN2. The molecule has 2 rings (SSSR count). The first-order valence-corrected chi connectivity index (χ1v) is 6.44. The predicted octanol–water partition coefficient (Wildman–Crippen LogP) is 2.57. The lowest BCUT2D eigenvalue weighted by atomic mass is 10.0. The Morgan fingerprint density at radius 1 is 1.47 bits per heavy atom. The van der Waals surface area contributed by atoms with E-state index in [0.717, 1.165) is 31.6 Å². The molecule has 1 aliphatic heterocycles. The number of halogens is 1. The lowest BCUT2D eigenvalue weighted by Gasteiger charge is -2.37. The summed E-state index contributed by atoms with van der Waals surface area (Å²) in [5, 5.41) is 3.42. The zero-order valence-corrected chi connectivity index (χ0v) is 10.6. The van der Waals surface area contributed by atoms with Crippen molar-refractivity contribution >= 4 is 0 Å². The molecule has 1 aromatic rings. The van der Waals surface area contributed by atoms with Gasteiger partial charge in [-0.3, -0.25) is 4.90 Å². The summed E-state index contributed by atoms with van der Waals surface area (Å²) < 4.78 is 13.8. The van der Waals surface area contributed by atoms with Crippen LogP contribution in [0.1, 0.15) is 31.9 Å². The van der Waals surface area contributed by atoms with Crippen LogP contribution in [0, 0.1) is 5.82 Å². The molecule has 1 saturated heterocycles. The van der Waals surface area contributed by atoms with E-state index in [-0.39, 0.29) is 11.9 Å². The van der Waals surface area contributed by atoms with Crippen molar-refractivity contribution in [2.45, 2.75) is 32.4 Å². The van der Waals surface area contributed by atoms with Gasteiger partial charge in [-0.15, -0.1) is 0 Å². The summed E-state index contributed by atoms with van der Waals surface area (Å²) in [5.41, 5.74) is 0.837. The summed E-state index contributed by atoms with van der Waals surface area (Å²) in [5.74, 6) is -0.0782. The fourth-order valence-electron chi connectivity index (χ4n) is 2.67. The molecule has 2 nitrogen and oxygen atoms in total. The van der Waals surface area contributed by atoms with Crippen LogP contribution >= 0.6 is 0 Å². The second-order valence-electron chi connectivity index (χ2n) is 4.80. The van der Waals surface area contributed by atoms with E-state index in [2.05, 4.69) is 24.1 Å². The minimum Gasteiger partial charge on any atom is -0.312 e. The summed E-state index contributed by atoms with van der Waals surface area (Å²) in [6.07, 6.45) is 0.952. The van der Waals surface area contributed by atoms with E-state index in [0.29, 0.717) is 6.04 Å². The van der Waals surface area contributed by atoms with Gasteiger partial charge in [0.25, 0.3) is 0 Å². The molecule has 0 amide bonds. The van der Waals surface area contributed by atoms with Gasteiger partial charge < -0.3 is 5.32 Å². The molecule has 1 heterocycles. The molecule has 1 aliphatic rings. The van der Waals surface area contributed by atoms with E-state index in [1.54, 1.807) is 12.1 Å². The maximum atomic E-state index is 13.8. The number of rotatable bonds is 3. The first-order valence-electron chi connectivity index (χ1n) is 6.44. The van der Waals surface area contributed by atoms with Crippen molar-refractivity contribution in [2.24, 2.45) is 0 Å². The largest absolute Gasteiger partial charge is 0.312 e. The molecule has 1 N–H and O–H groups in total. The number of piperazine rings is 1. The van der Waals surface area contributed by atoms with Gasteiger partial charge in [-0.25, -0.2) is 4.39 Å². The van der Waals surface area contributed by atoms with Gasteiger partial charge in [0.2, 0.25) is 0 Å². The van der Waals surface area contributed by atoms with E-state index in [1.807, 2.05) is 12.1 Å². The summed E-state index contributed by atoms with van der Waals surface area (Å²) in [6.45, 7) is 7.29. The quantitative estimate of drug-likeness (QED) is 0.867. The molecule has 2 unspecified atom stereocenters. The smallest absolute Gasteiger partial charge is 0.127 e. The van der Waals surface area contributed by atoms with Crippen LogP contribution in [-0.4, -0.2) is 30.6 Å². The van der Waals surface area contributed by atoms with Gasteiger partial charge in [-0.2, -0.15) is 0 Å². The first-order chi connectivity index (χ1) is 8.22. The van der Waals surface area contributed by atoms with Gasteiger partial charge in [0, 0.05) is 37.3 Å². The van der Waals surface area contributed by atoms with Crippen LogP contribution in [-0.2, 0) is 0 Å². The highest BCUT2D eigenvalue weighted by atomic mass is 19.1. The van der Waals surface area contributed by atoms with Crippen LogP contribution in [0.5, 0.6) is 0 Å². The molecule has 0 aliphatic carbocycles. The van der Waals surface area contributed by atoms with Crippen molar-refractivity contribution in [1.29, 1.82) is 0 Å². The van der Waals surface area contributed by atoms with Gasteiger partial charge in [0.05, 0.1) is 0 Å². The molecule has 0 radical (unpaired) electrons.